The summed E-state index contributed by atoms with van der Waals surface area (Å²) in [6.07, 6.45) is 2.67. The van der Waals surface area contributed by atoms with E-state index in [-0.39, 0.29) is 11.5 Å². The summed E-state index contributed by atoms with van der Waals surface area (Å²) >= 11 is 0. The highest BCUT2D eigenvalue weighted by Crippen LogP contribution is 2.30. The van der Waals surface area contributed by atoms with Crippen molar-refractivity contribution in [1.29, 1.82) is 0 Å². The van der Waals surface area contributed by atoms with E-state index in [1.807, 2.05) is 6.92 Å². The van der Waals surface area contributed by atoms with Crippen molar-refractivity contribution >= 4 is 9.84 Å². The molecule has 2 N–H and O–H groups in total. The smallest absolute Gasteiger partial charge is 0.150 e. The van der Waals surface area contributed by atoms with E-state index in [9.17, 15) is 8.42 Å². The molecule has 0 spiro atoms. The minimum atomic E-state index is -2.78. The van der Waals surface area contributed by atoms with Gasteiger partial charge in [0, 0.05) is 5.54 Å². The lowest BCUT2D eigenvalue weighted by Gasteiger charge is -2.30. The summed E-state index contributed by atoms with van der Waals surface area (Å²) in [4.78, 5) is 0. The summed E-state index contributed by atoms with van der Waals surface area (Å²) in [5.74, 6) is 0.784. The van der Waals surface area contributed by atoms with Crippen LogP contribution in [0.2, 0.25) is 0 Å². The van der Waals surface area contributed by atoms with Crippen LogP contribution in [0.3, 0.4) is 0 Å². The Bertz CT molecular complexity index is 269. The molecule has 1 heterocycles. The van der Waals surface area contributed by atoms with Crippen molar-refractivity contribution in [1.82, 2.24) is 0 Å². The molecular formula is C9H19NO2S. The first-order valence-corrected chi connectivity index (χ1v) is 6.69. The zero-order chi connectivity index (χ0) is 10.1. The first kappa shape index (κ1) is 11.0. The van der Waals surface area contributed by atoms with E-state index in [0.717, 1.165) is 19.3 Å². The Kier molecular flexibility index (Phi) is 3.02. The second-order valence-electron chi connectivity index (χ2n) is 4.36. The Balaban J connectivity index is 2.65. The van der Waals surface area contributed by atoms with Gasteiger partial charge in [-0.3, -0.25) is 0 Å². The molecule has 1 fully saturated rings. The van der Waals surface area contributed by atoms with Gasteiger partial charge in [0.15, 0.2) is 9.84 Å². The number of nitrogens with two attached hydrogens (primary N) is 1. The number of hydrogen-bond donors (Lipinski definition) is 1. The fraction of sp³-hybridized carbons (Fsp3) is 1.00. The Morgan fingerprint density at radius 1 is 1.54 bits per heavy atom. The molecule has 0 bridgehead atoms. The van der Waals surface area contributed by atoms with Gasteiger partial charge in [0.25, 0.3) is 0 Å². The largest absolute Gasteiger partial charge is 0.325 e. The first-order valence-electron chi connectivity index (χ1n) is 4.87. The van der Waals surface area contributed by atoms with Crippen LogP contribution in [0, 0.1) is 5.92 Å². The fourth-order valence-corrected chi connectivity index (χ4v) is 4.03. The van der Waals surface area contributed by atoms with Crippen molar-refractivity contribution in [3.8, 4) is 0 Å². The van der Waals surface area contributed by atoms with E-state index >= 15 is 0 Å². The van der Waals surface area contributed by atoms with Crippen molar-refractivity contribution in [2.45, 2.75) is 38.6 Å². The van der Waals surface area contributed by atoms with Gasteiger partial charge in [-0.2, -0.15) is 0 Å². The van der Waals surface area contributed by atoms with Gasteiger partial charge >= 0.3 is 0 Å². The molecule has 1 rings (SSSR count). The average molecular weight is 205 g/mol. The van der Waals surface area contributed by atoms with E-state index in [2.05, 4.69) is 6.92 Å². The molecule has 0 aliphatic carbocycles. The van der Waals surface area contributed by atoms with E-state index in [1.165, 1.54) is 0 Å². The molecular weight excluding hydrogens is 186 g/mol. The summed E-state index contributed by atoms with van der Waals surface area (Å²) in [6, 6.07) is 0. The Labute approximate surface area is 80.6 Å². The van der Waals surface area contributed by atoms with Crippen LogP contribution >= 0.6 is 0 Å². The normalized spacial score (nSPS) is 31.5. The standard InChI is InChI=1S/C9H19NO2S/c1-3-5-9(2,10)8-4-6-13(11,12)7-8/h8H,3-7,10H2,1-2H3. The average Bonchev–Trinajstić information content (AvgIpc) is 2.30. The Hall–Kier alpha value is -0.0900. The molecule has 0 saturated carbocycles. The molecule has 0 radical (unpaired) electrons. The molecule has 0 aromatic carbocycles. The molecule has 78 valence electrons. The minimum Gasteiger partial charge on any atom is -0.325 e. The van der Waals surface area contributed by atoms with Gasteiger partial charge in [-0.05, 0) is 25.7 Å². The van der Waals surface area contributed by atoms with Crippen molar-refractivity contribution in [3.63, 3.8) is 0 Å². The topological polar surface area (TPSA) is 60.2 Å². The third-order valence-corrected chi connectivity index (χ3v) is 4.72. The van der Waals surface area contributed by atoms with Gasteiger partial charge < -0.3 is 5.73 Å². The molecule has 0 aromatic rings. The molecule has 2 unspecified atom stereocenters. The van der Waals surface area contributed by atoms with Gasteiger partial charge in [-0.1, -0.05) is 13.3 Å². The maximum Gasteiger partial charge on any atom is 0.150 e. The summed E-state index contributed by atoms with van der Waals surface area (Å²) < 4.78 is 22.5. The lowest BCUT2D eigenvalue weighted by molar-refractivity contribution is 0.299. The number of rotatable bonds is 3. The number of hydrogen-bond acceptors (Lipinski definition) is 3. The predicted molar refractivity (Wildman–Crippen MR) is 54.3 cm³/mol. The van der Waals surface area contributed by atoms with Gasteiger partial charge in [0.2, 0.25) is 0 Å². The van der Waals surface area contributed by atoms with Crippen LogP contribution in [0.15, 0.2) is 0 Å². The Morgan fingerprint density at radius 3 is 2.54 bits per heavy atom. The fourth-order valence-electron chi connectivity index (χ4n) is 2.06. The summed E-state index contributed by atoms with van der Waals surface area (Å²) in [6.45, 7) is 4.05. The molecule has 1 aliphatic heterocycles. The highest BCUT2D eigenvalue weighted by Gasteiger charge is 2.38. The maximum absolute atomic E-state index is 11.2. The number of sulfone groups is 1. The predicted octanol–water partition coefficient (Wildman–Crippen LogP) is 0.939. The Morgan fingerprint density at radius 2 is 2.15 bits per heavy atom. The first-order chi connectivity index (χ1) is 5.87. The van der Waals surface area contributed by atoms with Crippen molar-refractivity contribution in [3.05, 3.63) is 0 Å². The van der Waals surface area contributed by atoms with E-state index in [0.29, 0.717) is 11.5 Å². The lowest BCUT2D eigenvalue weighted by Crippen LogP contribution is -2.44. The van der Waals surface area contributed by atoms with Crippen LogP contribution in [-0.4, -0.2) is 25.5 Å². The molecule has 13 heavy (non-hydrogen) atoms. The quantitative estimate of drug-likeness (QED) is 0.746. The zero-order valence-electron chi connectivity index (χ0n) is 8.41. The molecule has 0 aromatic heterocycles. The van der Waals surface area contributed by atoms with Gasteiger partial charge in [-0.15, -0.1) is 0 Å². The van der Waals surface area contributed by atoms with Gasteiger partial charge in [-0.25, -0.2) is 8.42 Å². The van der Waals surface area contributed by atoms with Crippen LogP contribution in [0.1, 0.15) is 33.1 Å². The maximum atomic E-state index is 11.2. The molecule has 3 nitrogen and oxygen atoms in total. The van der Waals surface area contributed by atoms with Crippen LogP contribution < -0.4 is 5.73 Å². The summed E-state index contributed by atoms with van der Waals surface area (Å²) in [5.41, 5.74) is 5.80. The molecule has 1 saturated heterocycles. The van der Waals surface area contributed by atoms with Crippen molar-refractivity contribution in [2.75, 3.05) is 11.5 Å². The molecule has 2 atom stereocenters. The van der Waals surface area contributed by atoms with E-state index < -0.39 is 9.84 Å². The third-order valence-electron chi connectivity index (χ3n) is 2.95. The molecule has 0 amide bonds. The third kappa shape index (κ3) is 2.68. The van der Waals surface area contributed by atoms with Crippen LogP contribution in [-0.2, 0) is 9.84 Å². The highest BCUT2D eigenvalue weighted by molar-refractivity contribution is 7.91. The summed E-state index contributed by atoms with van der Waals surface area (Å²) in [7, 11) is -2.78. The van der Waals surface area contributed by atoms with Crippen LogP contribution in [0.4, 0.5) is 0 Å². The van der Waals surface area contributed by atoms with Crippen LogP contribution in [0.25, 0.3) is 0 Å². The van der Waals surface area contributed by atoms with Crippen LogP contribution in [0.5, 0.6) is 0 Å². The second kappa shape index (κ2) is 3.58. The van der Waals surface area contributed by atoms with Gasteiger partial charge in [0.1, 0.15) is 0 Å². The van der Waals surface area contributed by atoms with Gasteiger partial charge in [0.05, 0.1) is 11.5 Å². The van der Waals surface area contributed by atoms with Crippen molar-refractivity contribution in [2.24, 2.45) is 11.7 Å². The van der Waals surface area contributed by atoms with Crippen molar-refractivity contribution < 1.29 is 8.42 Å². The second-order valence-corrected chi connectivity index (χ2v) is 6.58. The molecule has 4 heteroatoms. The lowest BCUT2D eigenvalue weighted by atomic mass is 9.83. The summed E-state index contributed by atoms with van der Waals surface area (Å²) in [5, 5.41) is 0. The minimum absolute atomic E-state index is 0.164. The van der Waals surface area contributed by atoms with E-state index in [1.54, 1.807) is 0 Å². The SMILES string of the molecule is CCCC(C)(N)C1CCS(=O)(=O)C1. The highest BCUT2D eigenvalue weighted by atomic mass is 32.2. The monoisotopic (exact) mass is 205 g/mol. The molecule has 1 aliphatic rings. The van der Waals surface area contributed by atoms with E-state index in [4.69, 9.17) is 5.73 Å². The zero-order valence-corrected chi connectivity index (χ0v) is 9.23.